The Labute approximate surface area is 169 Å². The second-order valence-corrected chi connectivity index (χ2v) is 7.29. The van der Waals surface area contributed by atoms with Crippen LogP contribution in [0.3, 0.4) is 0 Å². The number of ether oxygens (including phenoxy) is 1. The Bertz CT molecular complexity index is 834. The highest BCUT2D eigenvalue weighted by atomic mass is 16.5. The Hall–Kier alpha value is -3.06. The van der Waals surface area contributed by atoms with Gasteiger partial charge in [0.2, 0.25) is 11.8 Å². The topological polar surface area (TPSA) is 124 Å². The Kier molecular flexibility index (Phi) is 7.08. The minimum absolute atomic E-state index is 0.194. The second kappa shape index (κ2) is 9.93. The van der Waals surface area contributed by atoms with Crippen LogP contribution < -0.4 is 10.1 Å². The van der Waals surface area contributed by atoms with Crippen LogP contribution in [0.25, 0.3) is 10.4 Å². The molecule has 3 rings (SSSR count). The molecule has 29 heavy (non-hydrogen) atoms. The summed E-state index contributed by atoms with van der Waals surface area (Å²) in [6, 6.07) is 4.85. The van der Waals surface area contributed by atoms with Crippen LogP contribution in [0.2, 0.25) is 0 Å². The average molecular weight is 399 g/mol. The number of unbranched alkanes of at least 4 members (excludes halogenated alkanes) is 4. The van der Waals surface area contributed by atoms with E-state index in [0.29, 0.717) is 37.4 Å². The summed E-state index contributed by atoms with van der Waals surface area (Å²) in [4.78, 5) is 40.5. The fourth-order valence-corrected chi connectivity index (χ4v) is 3.67. The van der Waals surface area contributed by atoms with E-state index in [1.165, 1.54) is 4.90 Å². The van der Waals surface area contributed by atoms with Crippen molar-refractivity contribution in [3.05, 3.63) is 39.8 Å². The van der Waals surface area contributed by atoms with Crippen molar-refractivity contribution in [2.24, 2.45) is 5.11 Å². The first-order valence-corrected chi connectivity index (χ1v) is 10.0. The molecule has 0 aliphatic carbocycles. The van der Waals surface area contributed by atoms with Crippen molar-refractivity contribution in [3.63, 3.8) is 0 Å². The van der Waals surface area contributed by atoms with Gasteiger partial charge in [-0.15, -0.1) is 0 Å². The van der Waals surface area contributed by atoms with Crippen molar-refractivity contribution >= 4 is 17.7 Å². The van der Waals surface area contributed by atoms with Crippen molar-refractivity contribution in [2.45, 2.75) is 57.5 Å². The number of fused-ring (bicyclic) bond motifs is 1. The molecule has 2 aliphatic rings. The van der Waals surface area contributed by atoms with Gasteiger partial charge < -0.3 is 9.64 Å². The molecular formula is C20H25N5O4. The molecule has 1 aromatic rings. The molecule has 1 unspecified atom stereocenters. The summed E-state index contributed by atoms with van der Waals surface area (Å²) in [5.41, 5.74) is 9.64. The highest BCUT2D eigenvalue weighted by molar-refractivity contribution is 6.05. The van der Waals surface area contributed by atoms with Gasteiger partial charge >= 0.3 is 0 Å². The Morgan fingerprint density at radius 2 is 1.97 bits per heavy atom. The van der Waals surface area contributed by atoms with Crippen LogP contribution in [-0.2, 0) is 16.1 Å². The standard InChI is InChI=1S/C20H25N5O4/c21-24-22-10-4-2-1-3-5-11-29-15-7-6-14-13-25(20(28)16(14)12-15)17-8-9-18(26)23-19(17)27/h6-7,12,17H,1-5,8-11,13H2,(H,23,26,27). The molecule has 0 saturated carbocycles. The Morgan fingerprint density at radius 1 is 1.17 bits per heavy atom. The van der Waals surface area contributed by atoms with Gasteiger partial charge in [-0.2, -0.15) is 0 Å². The van der Waals surface area contributed by atoms with E-state index >= 15 is 0 Å². The van der Waals surface area contributed by atoms with E-state index in [1.807, 2.05) is 12.1 Å². The monoisotopic (exact) mass is 399 g/mol. The molecule has 1 fully saturated rings. The number of azide groups is 1. The highest BCUT2D eigenvalue weighted by Crippen LogP contribution is 2.30. The van der Waals surface area contributed by atoms with E-state index in [1.54, 1.807) is 6.07 Å². The van der Waals surface area contributed by atoms with Gasteiger partial charge in [-0.3, -0.25) is 19.7 Å². The minimum atomic E-state index is -0.601. The molecule has 0 radical (unpaired) electrons. The number of nitrogens with one attached hydrogen (secondary N) is 1. The summed E-state index contributed by atoms with van der Waals surface area (Å²) in [5, 5.41) is 5.82. The van der Waals surface area contributed by atoms with Crippen LogP contribution in [0.1, 0.15) is 60.9 Å². The van der Waals surface area contributed by atoms with Gasteiger partial charge in [0, 0.05) is 30.0 Å². The predicted octanol–water partition coefficient (Wildman–Crippen LogP) is 3.09. The van der Waals surface area contributed by atoms with E-state index in [0.717, 1.165) is 37.7 Å². The van der Waals surface area contributed by atoms with Crippen molar-refractivity contribution in [2.75, 3.05) is 13.2 Å². The van der Waals surface area contributed by atoms with Crippen LogP contribution >= 0.6 is 0 Å². The lowest BCUT2D eigenvalue weighted by molar-refractivity contribution is -0.136. The van der Waals surface area contributed by atoms with Gasteiger partial charge in [0.05, 0.1) is 6.61 Å². The number of hydrogen-bond donors (Lipinski definition) is 1. The van der Waals surface area contributed by atoms with Crippen LogP contribution in [0.15, 0.2) is 23.3 Å². The normalized spacial score (nSPS) is 18.3. The van der Waals surface area contributed by atoms with E-state index < -0.39 is 11.9 Å². The molecule has 2 aliphatic heterocycles. The Balaban J connectivity index is 1.46. The largest absolute Gasteiger partial charge is 0.494 e. The van der Waals surface area contributed by atoms with Gasteiger partial charge in [-0.1, -0.05) is 30.4 Å². The maximum absolute atomic E-state index is 12.8. The first-order chi connectivity index (χ1) is 14.1. The molecule has 0 spiro atoms. The third-order valence-electron chi connectivity index (χ3n) is 5.23. The predicted molar refractivity (Wildman–Crippen MR) is 105 cm³/mol. The van der Waals surface area contributed by atoms with Crippen LogP contribution in [-0.4, -0.2) is 41.8 Å². The molecular weight excluding hydrogens is 374 g/mol. The summed E-state index contributed by atoms with van der Waals surface area (Å²) in [7, 11) is 0. The van der Waals surface area contributed by atoms with Crippen LogP contribution in [0, 0.1) is 0 Å². The summed E-state index contributed by atoms with van der Waals surface area (Å²) in [6.45, 7) is 1.49. The average Bonchev–Trinajstić information content (AvgIpc) is 3.03. The number of rotatable bonds is 10. The summed E-state index contributed by atoms with van der Waals surface area (Å²) >= 11 is 0. The van der Waals surface area contributed by atoms with Gasteiger partial charge in [-0.05, 0) is 42.5 Å². The van der Waals surface area contributed by atoms with Gasteiger partial charge in [0.25, 0.3) is 5.91 Å². The molecule has 9 heteroatoms. The minimum Gasteiger partial charge on any atom is -0.494 e. The van der Waals surface area contributed by atoms with Crippen LogP contribution in [0.5, 0.6) is 5.75 Å². The van der Waals surface area contributed by atoms with Crippen molar-refractivity contribution < 1.29 is 19.1 Å². The molecule has 9 nitrogen and oxygen atoms in total. The summed E-state index contributed by atoms with van der Waals surface area (Å²) < 4.78 is 5.78. The lowest BCUT2D eigenvalue weighted by Crippen LogP contribution is -2.52. The van der Waals surface area contributed by atoms with E-state index in [2.05, 4.69) is 15.3 Å². The Morgan fingerprint density at radius 3 is 2.76 bits per heavy atom. The number of carbonyl (C=O) groups excluding carboxylic acids is 3. The molecule has 1 aromatic carbocycles. The van der Waals surface area contributed by atoms with Crippen LogP contribution in [0.4, 0.5) is 0 Å². The van der Waals surface area contributed by atoms with Crippen molar-refractivity contribution in [1.82, 2.24) is 10.2 Å². The molecule has 1 saturated heterocycles. The number of piperidine rings is 1. The van der Waals surface area contributed by atoms with Gasteiger partial charge in [0.1, 0.15) is 11.8 Å². The number of benzene rings is 1. The van der Waals surface area contributed by atoms with Crippen molar-refractivity contribution in [1.29, 1.82) is 0 Å². The van der Waals surface area contributed by atoms with Gasteiger partial charge in [-0.25, -0.2) is 0 Å². The highest BCUT2D eigenvalue weighted by Gasteiger charge is 2.39. The SMILES string of the molecule is [N-]=[N+]=NCCCCCCCOc1ccc2c(c1)C(=O)N(C1CCC(=O)NC1=O)C2. The summed E-state index contributed by atoms with van der Waals surface area (Å²) in [6.07, 6.45) is 5.55. The van der Waals surface area contributed by atoms with E-state index in [9.17, 15) is 14.4 Å². The number of amides is 3. The zero-order valence-corrected chi connectivity index (χ0v) is 16.3. The quantitative estimate of drug-likeness (QED) is 0.213. The smallest absolute Gasteiger partial charge is 0.255 e. The first-order valence-electron chi connectivity index (χ1n) is 10.0. The number of nitrogens with zero attached hydrogens (tertiary/aromatic N) is 4. The lowest BCUT2D eigenvalue weighted by atomic mass is 10.0. The zero-order valence-electron chi connectivity index (χ0n) is 16.3. The third kappa shape index (κ3) is 5.26. The molecule has 2 heterocycles. The number of hydrogen-bond acceptors (Lipinski definition) is 5. The fraction of sp³-hybridized carbons (Fsp3) is 0.550. The van der Waals surface area contributed by atoms with Crippen molar-refractivity contribution in [3.8, 4) is 5.75 Å². The lowest BCUT2D eigenvalue weighted by Gasteiger charge is -2.29. The third-order valence-corrected chi connectivity index (χ3v) is 5.23. The fourth-order valence-electron chi connectivity index (χ4n) is 3.67. The maximum atomic E-state index is 12.8. The second-order valence-electron chi connectivity index (χ2n) is 7.29. The summed E-state index contributed by atoms with van der Waals surface area (Å²) in [5.74, 6) is -0.245. The molecule has 3 amide bonds. The van der Waals surface area contributed by atoms with Gasteiger partial charge in [0.15, 0.2) is 0 Å². The van der Waals surface area contributed by atoms with E-state index in [-0.39, 0.29) is 18.2 Å². The first kappa shape index (κ1) is 20.7. The zero-order chi connectivity index (χ0) is 20.6. The number of imide groups is 1. The number of carbonyl (C=O) groups is 3. The molecule has 0 bridgehead atoms. The molecule has 154 valence electrons. The molecule has 0 aromatic heterocycles. The maximum Gasteiger partial charge on any atom is 0.255 e. The molecule has 1 N–H and O–H groups in total. The van der Waals surface area contributed by atoms with E-state index in [4.69, 9.17) is 10.3 Å². The molecule has 1 atom stereocenters.